The highest BCUT2D eigenvalue weighted by Gasteiger charge is 2.54. The standard InChI is InChI=1S/C20H22N6O12S2/c1-20(2,18(32)33)38-24-15(9-7-39-19(21)23-9)13(28)3-8-11(26(17(8)31)40(35,36)37)5-22-16(30)10-4-12(27)14(29)6-25(10)34/h4,6-8,11,29,34H,3,5H2,1-2H3,(H2,21,23)(H,22,30)(H,32,33)(H,35,36,37)/b24-15-/t8-,11+/m0/s1. The minimum absolute atomic E-state index is 0.0162. The van der Waals surface area contributed by atoms with Crippen molar-refractivity contribution in [1.82, 2.24) is 19.3 Å². The van der Waals surface area contributed by atoms with Gasteiger partial charge in [-0.05, 0) is 13.8 Å². The van der Waals surface area contributed by atoms with Crippen molar-refractivity contribution in [2.24, 2.45) is 11.1 Å². The lowest BCUT2D eigenvalue weighted by Gasteiger charge is -2.44. The third-order valence-electron chi connectivity index (χ3n) is 5.58. The molecule has 1 fully saturated rings. The molecule has 1 aliphatic heterocycles. The lowest BCUT2D eigenvalue weighted by atomic mass is 9.84. The molecule has 0 aliphatic carbocycles. The van der Waals surface area contributed by atoms with E-state index in [0.717, 1.165) is 25.2 Å². The van der Waals surface area contributed by atoms with E-state index >= 15 is 0 Å². The van der Waals surface area contributed by atoms with Crippen LogP contribution in [-0.4, -0.2) is 89.9 Å². The van der Waals surface area contributed by atoms with Crippen molar-refractivity contribution in [1.29, 1.82) is 0 Å². The number of aromatic nitrogens is 2. The predicted octanol–water partition coefficient (Wildman–Crippen LogP) is -1.57. The number of carboxylic acid groups (broad SMARTS) is 1. The minimum Gasteiger partial charge on any atom is -0.503 e. The molecule has 7 N–H and O–H groups in total. The zero-order valence-electron chi connectivity index (χ0n) is 20.5. The summed E-state index contributed by atoms with van der Waals surface area (Å²) < 4.78 is 33.2. The quantitative estimate of drug-likeness (QED) is 0.0557. The van der Waals surface area contributed by atoms with Gasteiger partial charge in [-0.15, -0.1) is 11.3 Å². The number of carbonyl (C=O) groups excluding carboxylic acids is 3. The van der Waals surface area contributed by atoms with Gasteiger partial charge in [-0.3, -0.25) is 23.7 Å². The Bertz CT molecular complexity index is 1580. The van der Waals surface area contributed by atoms with Gasteiger partial charge in [-0.2, -0.15) is 13.1 Å². The van der Waals surface area contributed by atoms with E-state index in [0.29, 0.717) is 12.3 Å². The maximum atomic E-state index is 13.2. The number of pyridine rings is 1. The summed E-state index contributed by atoms with van der Waals surface area (Å²) in [4.78, 5) is 70.1. The molecule has 0 bridgehead atoms. The van der Waals surface area contributed by atoms with Crippen molar-refractivity contribution in [2.75, 3.05) is 12.3 Å². The fraction of sp³-hybridized carbons (Fsp3) is 0.350. The van der Waals surface area contributed by atoms with E-state index in [-0.39, 0.29) is 19.9 Å². The average Bonchev–Trinajstić information content (AvgIpc) is 3.26. The molecule has 2 aromatic heterocycles. The second-order valence-electron chi connectivity index (χ2n) is 8.79. The van der Waals surface area contributed by atoms with Crippen LogP contribution in [0.4, 0.5) is 5.13 Å². The number of carboxylic acids is 1. The Morgan fingerprint density at radius 3 is 2.50 bits per heavy atom. The van der Waals surface area contributed by atoms with Gasteiger partial charge in [0.25, 0.3) is 5.91 Å². The second-order valence-corrected chi connectivity index (χ2v) is 11.0. The monoisotopic (exact) mass is 602 g/mol. The molecule has 2 atom stereocenters. The smallest absolute Gasteiger partial charge is 0.362 e. The molecular weight excluding hydrogens is 580 g/mol. The van der Waals surface area contributed by atoms with Crippen LogP contribution in [0.2, 0.25) is 0 Å². The first-order valence-electron chi connectivity index (χ1n) is 10.9. The number of rotatable bonds is 11. The SMILES string of the molecule is CC(C)(O/N=C(\C(=O)C[C@@H]1C(=O)N(S(=O)(=O)O)[C@@H]1CNC(=O)c1cc(=O)c(O)cn1O)c1csc(N)n1)C(=O)O. The number of nitrogens with zero attached hydrogens (tertiary/aromatic N) is 4. The lowest BCUT2D eigenvalue weighted by molar-refractivity contribution is -0.161. The van der Waals surface area contributed by atoms with Crippen LogP contribution in [0.5, 0.6) is 5.75 Å². The van der Waals surface area contributed by atoms with Crippen LogP contribution < -0.4 is 16.5 Å². The molecule has 3 rings (SSSR count). The fourth-order valence-corrected chi connectivity index (χ4v) is 4.88. The van der Waals surface area contributed by atoms with Crippen LogP contribution in [0.3, 0.4) is 0 Å². The first-order chi connectivity index (χ1) is 18.4. The van der Waals surface area contributed by atoms with E-state index in [1.54, 1.807) is 0 Å². The Hall–Kier alpha value is -4.56. The Kier molecular flexibility index (Phi) is 8.17. The Morgan fingerprint density at radius 1 is 1.30 bits per heavy atom. The number of hydrogen-bond donors (Lipinski definition) is 6. The molecule has 1 saturated heterocycles. The van der Waals surface area contributed by atoms with E-state index in [1.807, 2.05) is 0 Å². The summed E-state index contributed by atoms with van der Waals surface area (Å²) in [6.45, 7) is 1.61. The molecule has 0 saturated carbocycles. The number of Topliss-reactive ketones (excluding diaryl/α,β-unsaturated/α-hetero) is 1. The number of aliphatic carboxylic acids is 1. The highest BCUT2D eigenvalue weighted by atomic mass is 32.2. The molecule has 18 nitrogen and oxygen atoms in total. The van der Waals surface area contributed by atoms with Crippen molar-refractivity contribution in [3.05, 3.63) is 39.3 Å². The molecule has 0 aromatic carbocycles. The minimum atomic E-state index is -5.14. The van der Waals surface area contributed by atoms with Crippen molar-refractivity contribution in [3.8, 4) is 5.75 Å². The van der Waals surface area contributed by atoms with E-state index < -0.39 is 87.0 Å². The highest BCUT2D eigenvalue weighted by Crippen LogP contribution is 2.32. The van der Waals surface area contributed by atoms with Crippen molar-refractivity contribution < 1.29 is 52.4 Å². The number of nitrogen functional groups attached to an aromatic ring is 1. The number of oxime groups is 1. The lowest BCUT2D eigenvalue weighted by Crippen LogP contribution is -2.66. The number of carbonyl (C=O) groups is 4. The van der Waals surface area contributed by atoms with Gasteiger partial charge in [-0.25, -0.2) is 14.1 Å². The van der Waals surface area contributed by atoms with Crippen molar-refractivity contribution in [3.63, 3.8) is 0 Å². The topological polar surface area (TPSA) is 281 Å². The fourth-order valence-electron chi connectivity index (χ4n) is 3.41. The number of nitrogens with one attached hydrogen (secondary N) is 1. The number of thiazole rings is 1. The number of hydrogen-bond acceptors (Lipinski definition) is 14. The summed E-state index contributed by atoms with van der Waals surface area (Å²) in [7, 11) is -5.14. The van der Waals surface area contributed by atoms with Gasteiger partial charge in [0.2, 0.25) is 16.9 Å². The molecular formula is C20H22N6O12S2. The van der Waals surface area contributed by atoms with Crippen LogP contribution in [0, 0.1) is 5.92 Å². The van der Waals surface area contributed by atoms with E-state index in [1.165, 1.54) is 5.38 Å². The molecule has 40 heavy (non-hydrogen) atoms. The van der Waals surface area contributed by atoms with Gasteiger partial charge < -0.3 is 31.3 Å². The third-order valence-corrected chi connectivity index (χ3v) is 7.20. The van der Waals surface area contributed by atoms with Crippen LogP contribution >= 0.6 is 11.3 Å². The predicted molar refractivity (Wildman–Crippen MR) is 133 cm³/mol. The van der Waals surface area contributed by atoms with Crippen LogP contribution in [0.1, 0.15) is 36.5 Å². The molecule has 216 valence electrons. The van der Waals surface area contributed by atoms with Gasteiger partial charge in [0.05, 0.1) is 18.2 Å². The Balaban J connectivity index is 1.86. The molecule has 3 heterocycles. The summed E-state index contributed by atoms with van der Waals surface area (Å²) in [5.41, 5.74) is 1.39. The maximum absolute atomic E-state index is 13.2. The summed E-state index contributed by atoms with van der Waals surface area (Å²) in [5, 5.41) is 35.4. The molecule has 0 unspecified atom stereocenters. The summed E-state index contributed by atoms with van der Waals surface area (Å²) in [6, 6.07) is -0.927. The summed E-state index contributed by atoms with van der Waals surface area (Å²) in [6.07, 6.45) is -0.210. The summed E-state index contributed by atoms with van der Waals surface area (Å²) in [5.74, 6) is -7.02. The van der Waals surface area contributed by atoms with E-state index in [9.17, 15) is 52.4 Å². The second kappa shape index (κ2) is 10.9. The van der Waals surface area contributed by atoms with Crippen molar-refractivity contribution in [2.45, 2.75) is 31.9 Å². The first kappa shape index (κ1) is 30.0. The van der Waals surface area contributed by atoms with E-state index in [4.69, 9.17) is 10.6 Å². The number of amides is 2. The molecule has 2 aromatic rings. The molecule has 20 heteroatoms. The molecule has 1 aliphatic rings. The first-order valence-corrected chi connectivity index (χ1v) is 13.2. The number of aromatic hydroxyl groups is 1. The van der Waals surface area contributed by atoms with Crippen LogP contribution in [0.15, 0.2) is 27.6 Å². The van der Waals surface area contributed by atoms with Gasteiger partial charge in [0.1, 0.15) is 11.4 Å². The number of β-lactam (4-membered cyclic amide) rings is 1. The van der Waals surface area contributed by atoms with Crippen LogP contribution in [0.25, 0.3) is 0 Å². The number of anilines is 1. The average molecular weight is 603 g/mol. The maximum Gasteiger partial charge on any atom is 0.362 e. The zero-order valence-corrected chi connectivity index (χ0v) is 22.2. The third kappa shape index (κ3) is 6.18. The molecule has 2 amide bonds. The molecule has 0 spiro atoms. The van der Waals surface area contributed by atoms with Gasteiger partial charge in [0.15, 0.2) is 22.4 Å². The Labute approximate surface area is 228 Å². The van der Waals surface area contributed by atoms with Crippen LogP contribution in [-0.2, 0) is 29.5 Å². The largest absolute Gasteiger partial charge is 0.503 e. The normalized spacial score (nSPS) is 17.7. The molecule has 0 radical (unpaired) electrons. The van der Waals surface area contributed by atoms with Gasteiger partial charge in [0, 0.05) is 24.4 Å². The summed E-state index contributed by atoms with van der Waals surface area (Å²) >= 11 is 0.912. The van der Waals surface area contributed by atoms with Crippen molar-refractivity contribution >= 4 is 56.1 Å². The van der Waals surface area contributed by atoms with Gasteiger partial charge in [-0.1, -0.05) is 5.16 Å². The Morgan fingerprint density at radius 2 is 1.95 bits per heavy atom. The number of ketones is 1. The van der Waals surface area contributed by atoms with E-state index in [2.05, 4.69) is 15.5 Å². The number of nitrogens with two attached hydrogens (primary N) is 1. The zero-order chi connectivity index (χ0) is 30.2. The van der Waals surface area contributed by atoms with Gasteiger partial charge >= 0.3 is 16.3 Å². The highest BCUT2D eigenvalue weighted by molar-refractivity contribution is 7.84.